The maximum atomic E-state index is 5.05. The minimum Gasteiger partial charge on any atom is -0.349 e. The summed E-state index contributed by atoms with van der Waals surface area (Å²) in [4.78, 5) is 7.45. The third kappa shape index (κ3) is 3.71. The van der Waals surface area contributed by atoms with Crippen LogP contribution in [0.4, 0.5) is 5.69 Å². The first-order chi connectivity index (χ1) is 15.2. The van der Waals surface area contributed by atoms with Crippen molar-refractivity contribution in [2.75, 3.05) is 11.4 Å². The van der Waals surface area contributed by atoms with Crippen LogP contribution in [0.5, 0.6) is 0 Å². The van der Waals surface area contributed by atoms with Gasteiger partial charge >= 0.3 is 0 Å². The van der Waals surface area contributed by atoms with E-state index in [0.717, 1.165) is 24.2 Å². The lowest BCUT2D eigenvalue weighted by atomic mass is 9.81. The molecule has 1 aromatic heterocycles. The highest BCUT2D eigenvalue weighted by Gasteiger charge is 2.45. The number of rotatable bonds is 4. The molecule has 5 rings (SSSR count). The van der Waals surface area contributed by atoms with E-state index in [1.165, 1.54) is 42.5 Å². The van der Waals surface area contributed by atoms with Gasteiger partial charge in [0.1, 0.15) is 5.82 Å². The lowest BCUT2D eigenvalue weighted by Gasteiger charge is -2.27. The third-order valence-corrected chi connectivity index (χ3v) is 6.88. The Morgan fingerprint density at radius 1 is 1.03 bits per heavy atom. The molecule has 6 heteroatoms. The summed E-state index contributed by atoms with van der Waals surface area (Å²) in [5, 5.41) is 12.1. The molecular formula is C25H30N6. The largest absolute Gasteiger partial charge is 0.349 e. The van der Waals surface area contributed by atoms with Gasteiger partial charge in [0.2, 0.25) is 0 Å². The fourth-order valence-electron chi connectivity index (χ4n) is 5.05. The molecular weight excluding hydrogens is 384 g/mol. The van der Waals surface area contributed by atoms with Crippen molar-refractivity contribution < 1.29 is 0 Å². The van der Waals surface area contributed by atoms with Gasteiger partial charge in [0.05, 0.1) is 13.1 Å². The molecule has 0 saturated heterocycles. The first-order valence-corrected chi connectivity index (χ1v) is 11.2. The van der Waals surface area contributed by atoms with E-state index in [4.69, 9.17) is 4.99 Å². The molecule has 2 aliphatic rings. The van der Waals surface area contributed by atoms with Crippen LogP contribution >= 0.6 is 0 Å². The molecule has 0 bridgehead atoms. The number of anilines is 1. The Bertz CT molecular complexity index is 1080. The number of aliphatic imine (C=N–C) groups is 1. The maximum Gasteiger partial charge on any atom is 0.199 e. The predicted octanol–water partition coefficient (Wildman–Crippen LogP) is 4.10. The summed E-state index contributed by atoms with van der Waals surface area (Å²) in [7, 11) is 2.01. The number of para-hydroxylation sites is 1. The molecule has 1 saturated carbocycles. The average Bonchev–Trinajstić information content (AvgIpc) is 3.50. The molecule has 0 amide bonds. The van der Waals surface area contributed by atoms with Gasteiger partial charge in [0.25, 0.3) is 0 Å². The Balaban J connectivity index is 1.47. The van der Waals surface area contributed by atoms with E-state index < -0.39 is 0 Å². The number of nitrogens with one attached hydrogen (secondary N) is 1. The van der Waals surface area contributed by atoms with Crippen LogP contribution in [-0.4, -0.2) is 27.3 Å². The van der Waals surface area contributed by atoms with Crippen LogP contribution in [0.25, 0.3) is 0 Å². The number of hydrogen-bond acceptors (Lipinski definition) is 3. The number of nitrogens with zero attached hydrogens (tertiary/aromatic N) is 5. The number of guanidine groups is 1. The minimum atomic E-state index is 0.257. The molecule has 2 aromatic carbocycles. The van der Waals surface area contributed by atoms with Crippen molar-refractivity contribution in [3.05, 3.63) is 77.4 Å². The van der Waals surface area contributed by atoms with Crippen molar-refractivity contribution in [1.29, 1.82) is 0 Å². The first-order valence-electron chi connectivity index (χ1n) is 11.2. The highest BCUT2D eigenvalue weighted by molar-refractivity contribution is 5.98. The first kappa shape index (κ1) is 19.8. The fourth-order valence-corrected chi connectivity index (χ4v) is 5.05. The quantitative estimate of drug-likeness (QED) is 0.516. The topological polar surface area (TPSA) is 58.3 Å². The number of aromatic nitrogens is 3. The van der Waals surface area contributed by atoms with Crippen molar-refractivity contribution >= 4 is 11.6 Å². The van der Waals surface area contributed by atoms with Gasteiger partial charge < -0.3 is 14.8 Å². The van der Waals surface area contributed by atoms with E-state index in [2.05, 4.69) is 68.9 Å². The molecule has 1 N–H and O–H groups in total. The van der Waals surface area contributed by atoms with E-state index in [0.29, 0.717) is 13.1 Å². The molecule has 1 fully saturated rings. The summed E-state index contributed by atoms with van der Waals surface area (Å²) in [6, 6.07) is 19.3. The number of aryl methyl sites for hydroxylation is 1. The van der Waals surface area contributed by atoms with Gasteiger partial charge in [-0.05, 0) is 37.0 Å². The second-order valence-electron chi connectivity index (χ2n) is 8.79. The monoisotopic (exact) mass is 414 g/mol. The van der Waals surface area contributed by atoms with Crippen LogP contribution in [-0.2, 0) is 25.6 Å². The molecule has 6 nitrogen and oxygen atoms in total. The van der Waals surface area contributed by atoms with Gasteiger partial charge in [0.15, 0.2) is 11.8 Å². The van der Waals surface area contributed by atoms with Crippen LogP contribution in [0.15, 0.2) is 59.6 Å². The lowest BCUT2D eigenvalue weighted by Crippen LogP contribution is -2.43. The van der Waals surface area contributed by atoms with Gasteiger partial charge in [-0.15, -0.1) is 10.2 Å². The zero-order valence-electron chi connectivity index (χ0n) is 18.4. The van der Waals surface area contributed by atoms with Crippen molar-refractivity contribution in [3.63, 3.8) is 0 Å². The van der Waals surface area contributed by atoms with Crippen molar-refractivity contribution in [1.82, 2.24) is 20.1 Å². The Kier molecular flexibility index (Phi) is 5.22. The summed E-state index contributed by atoms with van der Waals surface area (Å²) >= 11 is 0. The highest BCUT2D eigenvalue weighted by atomic mass is 15.3. The zero-order valence-corrected chi connectivity index (χ0v) is 18.4. The summed E-state index contributed by atoms with van der Waals surface area (Å²) < 4.78 is 2.03. The molecule has 31 heavy (non-hydrogen) atoms. The highest BCUT2D eigenvalue weighted by Crippen LogP contribution is 2.50. The molecule has 2 heterocycles. The van der Waals surface area contributed by atoms with Crippen LogP contribution in [0.1, 0.15) is 48.5 Å². The van der Waals surface area contributed by atoms with E-state index in [9.17, 15) is 0 Å². The van der Waals surface area contributed by atoms with Crippen molar-refractivity contribution in [3.8, 4) is 0 Å². The Hall–Kier alpha value is -3.15. The predicted molar refractivity (Wildman–Crippen MR) is 124 cm³/mol. The number of benzene rings is 2. The minimum absolute atomic E-state index is 0.257. The molecule has 1 aliphatic carbocycles. The van der Waals surface area contributed by atoms with E-state index in [-0.39, 0.29) is 5.41 Å². The Morgan fingerprint density at radius 2 is 1.77 bits per heavy atom. The van der Waals surface area contributed by atoms with Gasteiger partial charge in [0, 0.05) is 24.7 Å². The SMILES string of the molecule is Cc1nnc(CNC(=NCc2ccccc2)N2CC3(CCCC3)c3ccccc32)n1C. The van der Waals surface area contributed by atoms with E-state index >= 15 is 0 Å². The fraction of sp³-hybridized carbons (Fsp3) is 0.400. The van der Waals surface area contributed by atoms with Crippen LogP contribution < -0.4 is 10.2 Å². The lowest BCUT2D eigenvalue weighted by molar-refractivity contribution is 0.478. The second-order valence-corrected chi connectivity index (χ2v) is 8.79. The molecule has 0 atom stereocenters. The molecule has 0 unspecified atom stereocenters. The normalized spacial score (nSPS) is 17.4. The Labute approximate surface area is 184 Å². The van der Waals surface area contributed by atoms with Crippen molar-refractivity contribution in [2.24, 2.45) is 12.0 Å². The van der Waals surface area contributed by atoms with Gasteiger partial charge in [-0.1, -0.05) is 61.4 Å². The second kappa shape index (κ2) is 8.17. The van der Waals surface area contributed by atoms with Crippen LogP contribution in [0, 0.1) is 6.92 Å². The van der Waals surface area contributed by atoms with Crippen LogP contribution in [0.3, 0.4) is 0 Å². The summed E-state index contributed by atoms with van der Waals surface area (Å²) in [5.41, 5.74) is 4.24. The molecule has 0 radical (unpaired) electrons. The van der Waals surface area contributed by atoms with E-state index in [1.54, 1.807) is 0 Å². The number of hydrogen-bond donors (Lipinski definition) is 1. The Morgan fingerprint density at radius 3 is 2.52 bits per heavy atom. The average molecular weight is 415 g/mol. The van der Waals surface area contributed by atoms with Gasteiger partial charge in [-0.3, -0.25) is 0 Å². The summed E-state index contributed by atoms with van der Waals surface area (Å²) in [6.07, 6.45) is 5.14. The van der Waals surface area contributed by atoms with Gasteiger partial charge in [-0.2, -0.15) is 0 Å². The van der Waals surface area contributed by atoms with E-state index in [1.807, 2.05) is 24.6 Å². The molecule has 1 aliphatic heterocycles. The molecule has 3 aromatic rings. The summed E-state index contributed by atoms with van der Waals surface area (Å²) in [6.45, 7) is 4.20. The standard InChI is InChI=1S/C25H30N6/c1-19-28-29-23(30(19)2)17-27-24(26-16-20-10-4-3-5-11-20)31-18-25(14-8-9-15-25)21-12-6-7-13-22(21)31/h3-7,10-13H,8-9,14-18H2,1-2H3,(H,26,27). The zero-order chi connectivity index (χ0) is 21.3. The summed E-state index contributed by atoms with van der Waals surface area (Å²) in [5.74, 6) is 2.74. The van der Waals surface area contributed by atoms with Crippen molar-refractivity contribution in [2.45, 2.75) is 51.1 Å². The molecule has 1 spiro atoms. The van der Waals surface area contributed by atoms with Gasteiger partial charge in [-0.25, -0.2) is 4.99 Å². The number of fused-ring (bicyclic) bond motifs is 2. The van der Waals surface area contributed by atoms with Crippen LogP contribution in [0.2, 0.25) is 0 Å². The maximum absolute atomic E-state index is 5.05. The third-order valence-electron chi connectivity index (χ3n) is 6.88. The molecule has 160 valence electrons. The smallest absolute Gasteiger partial charge is 0.199 e.